The first-order valence-corrected chi connectivity index (χ1v) is 8.18. The fourth-order valence-electron chi connectivity index (χ4n) is 2.66. The number of carbonyl (C=O) groups is 1. The normalized spacial score (nSPS) is 16.6. The van der Waals surface area contributed by atoms with Crippen LogP contribution >= 0.6 is 11.3 Å². The first kappa shape index (κ1) is 15.0. The van der Waals surface area contributed by atoms with Gasteiger partial charge in [-0.2, -0.15) is 0 Å². The number of piperazine rings is 1. The Morgan fingerprint density at radius 3 is 2.55 bits per heavy atom. The third-order valence-corrected chi connectivity index (χ3v) is 4.68. The highest BCUT2D eigenvalue weighted by Gasteiger charge is 2.28. The minimum absolute atomic E-state index is 0.0347. The Bertz CT molecular complexity index is 595. The van der Waals surface area contributed by atoms with Gasteiger partial charge in [0.2, 0.25) is 0 Å². The van der Waals surface area contributed by atoms with Crippen LogP contribution in [0.2, 0.25) is 0 Å². The summed E-state index contributed by atoms with van der Waals surface area (Å²) in [6.07, 6.45) is 1.29. The minimum atomic E-state index is -0.521. The zero-order valence-corrected chi connectivity index (χ0v) is 13.3. The first-order chi connectivity index (χ1) is 10.8. The molecule has 1 fully saturated rings. The summed E-state index contributed by atoms with van der Waals surface area (Å²) >= 11 is 1.63. The summed E-state index contributed by atoms with van der Waals surface area (Å²) in [5, 5.41) is 3.00. The lowest BCUT2D eigenvalue weighted by Gasteiger charge is -2.36. The molecular weight excluding hydrogens is 298 g/mol. The second kappa shape index (κ2) is 6.89. The summed E-state index contributed by atoms with van der Waals surface area (Å²) in [7, 11) is 1.58. The van der Waals surface area contributed by atoms with Crippen molar-refractivity contribution < 1.29 is 9.53 Å². The van der Waals surface area contributed by atoms with Gasteiger partial charge in [0, 0.05) is 44.9 Å². The van der Waals surface area contributed by atoms with Gasteiger partial charge in [0.15, 0.2) is 11.2 Å². The molecular formula is C16H19N3O2S. The van der Waals surface area contributed by atoms with Gasteiger partial charge >= 0.3 is 0 Å². The molecule has 1 atom stereocenters. The van der Waals surface area contributed by atoms with Crippen molar-refractivity contribution in [3.63, 3.8) is 0 Å². The lowest BCUT2D eigenvalue weighted by Crippen LogP contribution is -2.50. The van der Waals surface area contributed by atoms with E-state index in [9.17, 15) is 4.79 Å². The molecule has 116 valence electrons. The van der Waals surface area contributed by atoms with Crippen LogP contribution in [0.1, 0.15) is 11.7 Å². The van der Waals surface area contributed by atoms with E-state index in [0.717, 1.165) is 23.8 Å². The molecule has 2 aromatic rings. The summed E-state index contributed by atoms with van der Waals surface area (Å²) in [6, 6.07) is 9.65. The van der Waals surface area contributed by atoms with Crippen LogP contribution in [0.15, 0.2) is 41.9 Å². The van der Waals surface area contributed by atoms with Gasteiger partial charge in [-0.1, -0.05) is 30.3 Å². The Balaban J connectivity index is 1.64. The van der Waals surface area contributed by atoms with E-state index >= 15 is 0 Å². The van der Waals surface area contributed by atoms with Crippen LogP contribution in [-0.2, 0) is 9.53 Å². The first-order valence-electron chi connectivity index (χ1n) is 7.30. The van der Waals surface area contributed by atoms with Gasteiger partial charge in [-0.15, -0.1) is 11.3 Å². The summed E-state index contributed by atoms with van der Waals surface area (Å²) in [6.45, 7) is 3.02. The van der Waals surface area contributed by atoms with E-state index < -0.39 is 6.10 Å². The molecule has 0 radical (unpaired) electrons. The maximum Gasteiger partial charge on any atom is 0.256 e. The maximum atomic E-state index is 12.7. The Morgan fingerprint density at radius 2 is 1.95 bits per heavy atom. The zero-order chi connectivity index (χ0) is 15.4. The molecule has 0 unspecified atom stereocenters. The largest absolute Gasteiger partial charge is 0.367 e. The predicted octanol–water partition coefficient (Wildman–Crippen LogP) is 2.18. The van der Waals surface area contributed by atoms with Gasteiger partial charge in [0.25, 0.3) is 5.91 Å². The van der Waals surface area contributed by atoms with Crippen LogP contribution in [0.5, 0.6) is 0 Å². The Hall–Kier alpha value is -1.92. The third kappa shape index (κ3) is 3.13. The van der Waals surface area contributed by atoms with E-state index in [-0.39, 0.29) is 5.91 Å². The third-order valence-electron chi connectivity index (χ3n) is 3.84. The molecule has 0 spiro atoms. The average molecular weight is 317 g/mol. The summed E-state index contributed by atoms with van der Waals surface area (Å²) in [5.74, 6) is 0.0347. The highest BCUT2D eigenvalue weighted by Crippen LogP contribution is 2.22. The number of benzene rings is 1. The molecule has 6 heteroatoms. The lowest BCUT2D eigenvalue weighted by molar-refractivity contribution is -0.142. The van der Waals surface area contributed by atoms with Crippen LogP contribution in [0.25, 0.3) is 0 Å². The summed E-state index contributed by atoms with van der Waals surface area (Å²) in [4.78, 5) is 21.1. The lowest BCUT2D eigenvalue weighted by atomic mass is 10.1. The van der Waals surface area contributed by atoms with Crippen molar-refractivity contribution in [2.75, 3.05) is 38.2 Å². The van der Waals surface area contributed by atoms with Crippen molar-refractivity contribution in [1.82, 2.24) is 9.88 Å². The van der Waals surface area contributed by atoms with Gasteiger partial charge in [-0.05, 0) is 5.56 Å². The molecule has 0 aliphatic carbocycles. The molecule has 1 amide bonds. The number of ether oxygens (including phenoxy) is 1. The van der Waals surface area contributed by atoms with E-state index in [1.165, 1.54) is 0 Å². The number of methoxy groups -OCH3 is 1. The predicted molar refractivity (Wildman–Crippen MR) is 87.1 cm³/mol. The number of thiazole rings is 1. The van der Waals surface area contributed by atoms with Crippen molar-refractivity contribution in [3.05, 3.63) is 47.5 Å². The number of amides is 1. The Morgan fingerprint density at radius 1 is 1.23 bits per heavy atom. The van der Waals surface area contributed by atoms with Gasteiger partial charge in [0.05, 0.1) is 0 Å². The standard InChI is InChI=1S/C16H19N3O2S/c1-21-14(13-5-3-2-4-6-13)15(20)18-8-10-19(11-9-18)16-17-7-12-22-16/h2-7,12,14H,8-11H2,1H3/t14-/m0/s1. The van der Waals surface area contributed by atoms with Crippen LogP contribution in [0, 0.1) is 0 Å². The molecule has 5 nitrogen and oxygen atoms in total. The van der Waals surface area contributed by atoms with Gasteiger partial charge < -0.3 is 14.5 Å². The molecule has 1 saturated heterocycles. The number of carbonyl (C=O) groups excluding carboxylic acids is 1. The molecule has 22 heavy (non-hydrogen) atoms. The Kier molecular flexibility index (Phi) is 4.70. The van der Waals surface area contributed by atoms with Gasteiger partial charge in [-0.25, -0.2) is 4.98 Å². The second-order valence-corrected chi connectivity index (χ2v) is 6.03. The Labute approximate surface area is 134 Å². The SMILES string of the molecule is CO[C@H](C(=O)N1CCN(c2nccs2)CC1)c1ccccc1. The van der Waals surface area contributed by atoms with Gasteiger partial charge in [-0.3, -0.25) is 4.79 Å². The van der Waals surface area contributed by atoms with E-state index in [0.29, 0.717) is 13.1 Å². The molecule has 0 saturated carbocycles. The number of hydrogen-bond donors (Lipinski definition) is 0. The highest BCUT2D eigenvalue weighted by molar-refractivity contribution is 7.13. The second-order valence-electron chi connectivity index (χ2n) is 5.15. The molecule has 0 bridgehead atoms. The van der Waals surface area contributed by atoms with E-state index in [2.05, 4.69) is 9.88 Å². The van der Waals surface area contributed by atoms with E-state index in [1.54, 1.807) is 18.4 Å². The van der Waals surface area contributed by atoms with E-state index in [4.69, 9.17) is 4.74 Å². The fraction of sp³-hybridized carbons (Fsp3) is 0.375. The van der Waals surface area contributed by atoms with Crippen molar-refractivity contribution >= 4 is 22.4 Å². The molecule has 1 aromatic heterocycles. The van der Waals surface area contributed by atoms with E-state index in [1.807, 2.05) is 46.8 Å². The minimum Gasteiger partial charge on any atom is -0.367 e. The summed E-state index contributed by atoms with van der Waals surface area (Å²) in [5.41, 5.74) is 0.900. The topological polar surface area (TPSA) is 45.7 Å². The molecule has 0 N–H and O–H groups in total. The number of rotatable bonds is 4. The van der Waals surface area contributed by atoms with Gasteiger partial charge in [0.1, 0.15) is 0 Å². The number of nitrogens with zero attached hydrogens (tertiary/aromatic N) is 3. The fourth-order valence-corrected chi connectivity index (χ4v) is 3.36. The number of hydrogen-bond acceptors (Lipinski definition) is 5. The number of anilines is 1. The van der Waals surface area contributed by atoms with Crippen LogP contribution in [0.4, 0.5) is 5.13 Å². The van der Waals surface area contributed by atoms with Crippen molar-refractivity contribution in [2.45, 2.75) is 6.10 Å². The van der Waals surface area contributed by atoms with Crippen LogP contribution < -0.4 is 4.90 Å². The highest BCUT2D eigenvalue weighted by atomic mass is 32.1. The van der Waals surface area contributed by atoms with Crippen molar-refractivity contribution in [2.24, 2.45) is 0 Å². The molecule has 1 aromatic carbocycles. The quantitative estimate of drug-likeness (QED) is 0.867. The van der Waals surface area contributed by atoms with Crippen LogP contribution in [-0.4, -0.2) is 49.1 Å². The smallest absolute Gasteiger partial charge is 0.256 e. The zero-order valence-electron chi connectivity index (χ0n) is 12.5. The average Bonchev–Trinajstić information content (AvgIpc) is 3.11. The monoisotopic (exact) mass is 317 g/mol. The molecule has 1 aliphatic rings. The molecule has 1 aliphatic heterocycles. The number of aromatic nitrogens is 1. The summed E-state index contributed by atoms with van der Waals surface area (Å²) < 4.78 is 5.44. The van der Waals surface area contributed by atoms with Crippen LogP contribution in [0.3, 0.4) is 0 Å². The van der Waals surface area contributed by atoms with Crippen molar-refractivity contribution in [3.8, 4) is 0 Å². The maximum absolute atomic E-state index is 12.7. The molecule has 2 heterocycles. The van der Waals surface area contributed by atoms with Crippen molar-refractivity contribution in [1.29, 1.82) is 0 Å². The molecule has 3 rings (SSSR count).